The van der Waals surface area contributed by atoms with Gasteiger partial charge in [-0.3, -0.25) is 4.79 Å². The molecule has 2 aromatic rings. The third kappa shape index (κ3) is 4.13. The van der Waals surface area contributed by atoms with Gasteiger partial charge in [-0.1, -0.05) is 24.6 Å². The second-order valence-corrected chi connectivity index (χ2v) is 5.92. The van der Waals surface area contributed by atoms with E-state index in [2.05, 4.69) is 5.32 Å². The summed E-state index contributed by atoms with van der Waals surface area (Å²) in [6, 6.07) is 12.6. The highest BCUT2D eigenvalue weighted by molar-refractivity contribution is 5.91. The van der Waals surface area contributed by atoms with E-state index >= 15 is 0 Å². The zero-order chi connectivity index (χ0) is 16.1. The van der Waals surface area contributed by atoms with Crippen molar-refractivity contribution in [3.05, 3.63) is 48.2 Å². The molecule has 5 heteroatoms. The number of hydrogen-bond donors (Lipinski definition) is 2. The number of amides is 1. The number of carbonyl (C=O) groups is 1. The lowest BCUT2D eigenvalue weighted by molar-refractivity contribution is 0.0873. The second kappa shape index (κ2) is 7.33. The van der Waals surface area contributed by atoms with Crippen molar-refractivity contribution in [2.24, 2.45) is 5.92 Å². The summed E-state index contributed by atoms with van der Waals surface area (Å²) in [7, 11) is 0. The molecule has 1 aliphatic carbocycles. The van der Waals surface area contributed by atoms with Crippen LogP contribution in [0.1, 0.15) is 36.2 Å². The quantitative estimate of drug-likeness (QED) is 0.887. The first-order chi connectivity index (χ1) is 11.2. The molecule has 0 spiro atoms. The predicted molar refractivity (Wildman–Crippen MR) is 85.5 cm³/mol. The normalized spacial score (nSPS) is 20.9. The van der Waals surface area contributed by atoms with Crippen molar-refractivity contribution in [2.45, 2.75) is 31.7 Å². The van der Waals surface area contributed by atoms with Crippen molar-refractivity contribution in [1.82, 2.24) is 5.32 Å². The van der Waals surface area contributed by atoms with Crippen LogP contribution in [-0.2, 0) is 0 Å². The van der Waals surface area contributed by atoms with E-state index in [1.54, 1.807) is 12.1 Å². The third-order valence-electron chi connectivity index (χ3n) is 4.14. The number of rotatable bonds is 5. The van der Waals surface area contributed by atoms with Crippen LogP contribution in [0.5, 0.6) is 11.7 Å². The van der Waals surface area contributed by atoms with E-state index in [9.17, 15) is 9.90 Å². The Balaban J connectivity index is 1.58. The largest absolute Gasteiger partial charge is 0.426 e. The summed E-state index contributed by atoms with van der Waals surface area (Å²) in [5.41, 5.74) is 0. The predicted octanol–water partition coefficient (Wildman–Crippen LogP) is 3.35. The zero-order valence-corrected chi connectivity index (χ0v) is 12.9. The second-order valence-electron chi connectivity index (χ2n) is 5.92. The van der Waals surface area contributed by atoms with Crippen LogP contribution < -0.4 is 10.1 Å². The van der Waals surface area contributed by atoms with Crippen LogP contribution in [0, 0.1) is 5.92 Å². The highest BCUT2D eigenvalue weighted by Gasteiger charge is 2.24. The van der Waals surface area contributed by atoms with E-state index in [4.69, 9.17) is 9.15 Å². The smallest absolute Gasteiger partial charge is 0.290 e. The van der Waals surface area contributed by atoms with Gasteiger partial charge in [0.25, 0.3) is 11.9 Å². The van der Waals surface area contributed by atoms with Gasteiger partial charge in [-0.05, 0) is 43.4 Å². The van der Waals surface area contributed by atoms with Crippen LogP contribution in [0.15, 0.2) is 46.9 Å². The molecule has 3 rings (SSSR count). The molecule has 122 valence electrons. The van der Waals surface area contributed by atoms with E-state index in [1.165, 1.54) is 0 Å². The average molecular weight is 315 g/mol. The molecule has 1 aliphatic rings. The number of carbonyl (C=O) groups excluding carboxylic acids is 1. The van der Waals surface area contributed by atoms with Crippen LogP contribution in [-0.4, -0.2) is 23.7 Å². The summed E-state index contributed by atoms with van der Waals surface area (Å²) in [6.07, 6.45) is 3.81. The Hall–Kier alpha value is -2.27. The maximum absolute atomic E-state index is 12.3. The molecule has 0 radical (unpaired) electrons. The standard InChI is InChI=1S/C18H21NO4/c20-12-13-5-4-6-14(11-13)19-18(21)16-9-10-17(23-16)22-15-7-2-1-3-8-15/h1-3,7-10,13-14,20H,4-6,11-12H2,(H,19,21)/t13-,14-/m1/s1. The molecule has 1 amide bonds. The molecule has 1 aromatic carbocycles. The van der Waals surface area contributed by atoms with Crippen LogP contribution in [0.3, 0.4) is 0 Å². The summed E-state index contributed by atoms with van der Waals surface area (Å²) in [5.74, 6) is 1.23. The number of para-hydroxylation sites is 1. The van der Waals surface area contributed by atoms with Crippen molar-refractivity contribution in [2.75, 3.05) is 6.61 Å². The van der Waals surface area contributed by atoms with E-state index in [-0.39, 0.29) is 30.2 Å². The lowest BCUT2D eigenvalue weighted by Gasteiger charge is -2.28. The molecule has 0 saturated heterocycles. The number of ether oxygens (including phenoxy) is 1. The zero-order valence-electron chi connectivity index (χ0n) is 12.9. The summed E-state index contributed by atoms with van der Waals surface area (Å²) < 4.78 is 11.0. The Morgan fingerprint density at radius 3 is 2.83 bits per heavy atom. The molecule has 0 aliphatic heterocycles. The Labute approximate surface area is 135 Å². The molecule has 1 fully saturated rings. The molecular weight excluding hydrogens is 294 g/mol. The van der Waals surface area contributed by atoms with Gasteiger partial charge in [-0.25, -0.2) is 0 Å². The third-order valence-corrected chi connectivity index (χ3v) is 4.14. The average Bonchev–Trinajstić information content (AvgIpc) is 3.04. The van der Waals surface area contributed by atoms with E-state index < -0.39 is 0 Å². The molecule has 1 saturated carbocycles. The van der Waals surface area contributed by atoms with Crippen molar-refractivity contribution in [3.8, 4) is 11.7 Å². The Kier molecular flexibility index (Phi) is 4.98. The number of aliphatic hydroxyl groups is 1. The van der Waals surface area contributed by atoms with E-state index in [0.717, 1.165) is 25.7 Å². The maximum Gasteiger partial charge on any atom is 0.290 e. The fraction of sp³-hybridized carbons (Fsp3) is 0.389. The topological polar surface area (TPSA) is 71.7 Å². The minimum Gasteiger partial charge on any atom is -0.426 e. The summed E-state index contributed by atoms with van der Waals surface area (Å²) in [6.45, 7) is 0.183. The minimum absolute atomic E-state index is 0.0944. The fourth-order valence-corrected chi connectivity index (χ4v) is 2.95. The van der Waals surface area contributed by atoms with Gasteiger partial charge in [-0.2, -0.15) is 0 Å². The summed E-state index contributed by atoms with van der Waals surface area (Å²) >= 11 is 0. The van der Waals surface area contributed by atoms with Crippen molar-refractivity contribution < 1.29 is 19.1 Å². The molecule has 0 bridgehead atoms. The first-order valence-electron chi connectivity index (χ1n) is 7.99. The fourth-order valence-electron chi connectivity index (χ4n) is 2.95. The van der Waals surface area contributed by atoms with Gasteiger partial charge in [0.05, 0.1) is 0 Å². The van der Waals surface area contributed by atoms with E-state index in [1.807, 2.05) is 30.3 Å². The Morgan fingerprint density at radius 2 is 2.04 bits per heavy atom. The highest BCUT2D eigenvalue weighted by atomic mass is 16.6. The monoisotopic (exact) mass is 315 g/mol. The molecule has 23 heavy (non-hydrogen) atoms. The first-order valence-corrected chi connectivity index (χ1v) is 7.99. The van der Waals surface area contributed by atoms with Crippen LogP contribution in [0.4, 0.5) is 0 Å². The van der Waals surface area contributed by atoms with E-state index in [0.29, 0.717) is 11.7 Å². The van der Waals surface area contributed by atoms with Gasteiger partial charge >= 0.3 is 0 Å². The lowest BCUT2D eigenvalue weighted by atomic mass is 9.86. The Bertz CT molecular complexity index is 637. The van der Waals surface area contributed by atoms with Crippen LogP contribution in [0.2, 0.25) is 0 Å². The number of benzene rings is 1. The van der Waals surface area contributed by atoms with Gasteiger partial charge in [0, 0.05) is 18.7 Å². The summed E-state index contributed by atoms with van der Waals surface area (Å²) in [5, 5.41) is 12.2. The number of aliphatic hydroxyl groups excluding tert-OH is 1. The lowest BCUT2D eigenvalue weighted by Crippen LogP contribution is -2.38. The van der Waals surface area contributed by atoms with Crippen LogP contribution in [0.25, 0.3) is 0 Å². The van der Waals surface area contributed by atoms with Gasteiger partial charge in [0.1, 0.15) is 5.75 Å². The van der Waals surface area contributed by atoms with Crippen molar-refractivity contribution in [1.29, 1.82) is 0 Å². The molecule has 0 unspecified atom stereocenters. The Morgan fingerprint density at radius 1 is 1.22 bits per heavy atom. The number of furan rings is 1. The molecule has 1 aromatic heterocycles. The minimum atomic E-state index is -0.239. The maximum atomic E-state index is 12.3. The van der Waals surface area contributed by atoms with Crippen molar-refractivity contribution in [3.63, 3.8) is 0 Å². The molecule has 2 N–H and O–H groups in total. The van der Waals surface area contributed by atoms with Gasteiger partial charge in [-0.15, -0.1) is 0 Å². The van der Waals surface area contributed by atoms with Crippen molar-refractivity contribution >= 4 is 5.91 Å². The van der Waals surface area contributed by atoms with Gasteiger partial charge < -0.3 is 19.6 Å². The van der Waals surface area contributed by atoms with Crippen LogP contribution >= 0.6 is 0 Å². The molecular formula is C18H21NO4. The summed E-state index contributed by atoms with van der Waals surface area (Å²) in [4.78, 5) is 12.3. The number of nitrogens with one attached hydrogen (secondary N) is 1. The highest BCUT2D eigenvalue weighted by Crippen LogP contribution is 2.26. The van der Waals surface area contributed by atoms with Gasteiger partial charge in [0.2, 0.25) is 0 Å². The first kappa shape index (κ1) is 15.6. The molecule has 1 heterocycles. The molecule has 5 nitrogen and oxygen atoms in total. The number of hydrogen-bond acceptors (Lipinski definition) is 4. The van der Waals surface area contributed by atoms with Gasteiger partial charge in [0.15, 0.2) is 5.76 Å². The molecule has 2 atom stereocenters. The SMILES string of the molecule is O=C(N[C@@H]1CCC[C@@H](CO)C1)c1ccc(Oc2ccccc2)o1.